The van der Waals surface area contributed by atoms with E-state index >= 15 is 0 Å². The van der Waals surface area contributed by atoms with Gasteiger partial charge in [-0.05, 0) is 75.5 Å². The number of nitrogens with zero attached hydrogens (tertiary/aromatic N) is 2. The molecule has 0 unspecified atom stereocenters. The third kappa shape index (κ3) is 4.60. The van der Waals surface area contributed by atoms with Crippen molar-refractivity contribution in [3.8, 4) is 10.6 Å². The predicted molar refractivity (Wildman–Crippen MR) is 130 cm³/mol. The molecular weight excluding hydrogens is 450 g/mol. The van der Waals surface area contributed by atoms with Gasteiger partial charge in [-0.2, -0.15) is 0 Å². The molecule has 7 atom stereocenters. The topological polar surface area (TPSA) is 90.4 Å². The summed E-state index contributed by atoms with van der Waals surface area (Å²) in [5.41, 5.74) is 1.91. The zero-order chi connectivity index (χ0) is 23.7. The van der Waals surface area contributed by atoms with Gasteiger partial charge in [-0.3, -0.25) is 9.78 Å². The molecular formula is C26H31N3O4S. The molecule has 0 bridgehead atoms. The largest absolute Gasteiger partial charge is 0.462 e. The van der Waals surface area contributed by atoms with Gasteiger partial charge in [-0.15, -0.1) is 11.3 Å². The highest BCUT2D eigenvalue weighted by molar-refractivity contribution is 7.13. The molecule has 2 aromatic rings. The fraction of sp³-hybridized carbons (Fsp3) is 0.538. The SMILES string of the molecule is CCOC(=O)N[C@@H]1CC[C@@H]2[C@@H](C1)C[C@H]1C(=O)O[C@H](C)[C@H]1[C@H]2/C=C/c1ccc(-c2nccs2)cn1. The van der Waals surface area contributed by atoms with Crippen LogP contribution in [0.5, 0.6) is 0 Å². The number of carbonyl (C=O) groups is 2. The lowest BCUT2D eigenvalue weighted by molar-refractivity contribution is -0.144. The van der Waals surface area contributed by atoms with Gasteiger partial charge in [-0.25, -0.2) is 9.78 Å². The second-order valence-electron chi connectivity index (χ2n) is 9.61. The molecule has 180 valence electrons. The predicted octanol–water partition coefficient (Wildman–Crippen LogP) is 4.95. The minimum atomic E-state index is -0.350. The van der Waals surface area contributed by atoms with Crippen molar-refractivity contribution in [2.45, 2.75) is 51.7 Å². The molecule has 2 aromatic heterocycles. The summed E-state index contributed by atoms with van der Waals surface area (Å²) in [5.74, 6) is 1.12. The van der Waals surface area contributed by atoms with Crippen LogP contribution in [0.1, 0.15) is 45.2 Å². The number of alkyl carbamates (subject to hydrolysis) is 1. The Hall–Kier alpha value is -2.74. The Morgan fingerprint density at radius 3 is 2.91 bits per heavy atom. The minimum absolute atomic E-state index is 0.0687. The number of cyclic esters (lactones) is 1. The number of rotatable bonds is 5. The molecule has 3 fully saturated rings. The van der Waals surface area contributed by atoms with Crippen LogP contribution in [0.3, 0.4) is 0 Å². The van der Waals surface area contributed by atoms with Gasteiger partial charge >= 0.3 is 12.1 Å². The first-order chi connectivity index (χ1) is 16.5. The zero-order valence-corrected chi connectivity index (χ0v) is 20.4. The Morgan fingerprint density at radius 1 is 1.29 bits per heavy atom. The molecule has 3 aliphatic rings. The van der Waals surface area contributed by atoms with E-state index in [-0.39, 0.29) is 42.0 Å². The molecule has 0 aromatic carbocycles. The number of fused-ring (bicyclic) bond motifs is 2. The number of ether oxygens (including phenoxy) is 2. The molecule has 1 aliphatic heterocycles. The van der Waals surface area contributed by atoms with Crippen molar-refractivity contribution < 1.29 is 19.1 Å². The van der Waals surface area contributed by atoms with Crippen molar-refractivity contribution in [1.82, 2.24) is 15.3 Å². The quantitative estimate of drug-likeness (QED) is 0.608. The normalized spacial score (nSPS) is 32.6. The number of allylic oxidation sites excluding steroid dienone is 1. The van der Waals surface area contributed by atoms with E-state index in [0.717, 1.165) is 41.9 Å². The smallest absolute Gasteiger partial charge is 0.407 e. The average molecular weight is 482 g/mol. The van der Waals surface area contributed by atoms with Gasteiger partial charge < -0.3 is 14.8 Å². The Kier molecular flexibility index (Phi) is 6.68. The van der Waals surface area contributed by atoms with E-state index in [0.29, 0.717) is 18.4 Å². The van der Waals surface area contributed by atoms with Crippen molar-refractivity contribution in [2.24, 2.45) is 29.6 Å². The van der Waals surface area contributed by atoms with Gasteiger partial charge in [0.2, 0.25) is 0 Å². The molecule has 8 heteroatoms. The van der Waals surface area contributed by atoms with Gasteiger partial charge in [-0.1, -0.05) is 6.08 Å². The maximum absolute atomic E-state index is 12.7. The summed E-state index contributed by atoms with van der Waals surface area (Å²) in [5, 5.41) is 5.94. The lowest BCUT2D eigenvalue weighted by Crippen LogP contribution is -2.48. The van der Waals surface area contributed by atoms with E-state index in [1.54, 1.807) is 17.5 Å². The number of amides is 1. The number of hydrogen-bond acceptors (Lipinski definition) is 7. The lowest BCUT2D eigenvalue weighted by atomic mass is 9.57. The summed E-state index contributed by atoms with van der Waals surface area (Å²) >= 11 is 1.60. The summed E-state index contributed by atoms with van der Waals surface area (Å²) in [7, 11) is 0. The molecule has 0 radical (unpaired) electrons. The number of nitrogens with one attached hydrogen (secondary N) is 1. The van der Waals surface area contributed by atoms with Crippen LogP contribution in [0, 0.1) is 29.6 Å². The van der Waals surface area contributed by atoms with Crippen LogP contribution in [0.4, 0.5) is 4.79 Å². The number of aromatic nitrogens is 2. The third-order valence-electron chi connectivity index (χ3n) is 7.70. The molecule has 34 heavy (non-hydrogen) atoms. The van der Waals surface area contributed by atoms with E-state index in [9.17, 15) is 9.59 Å². The monoisotopic (exact) mass is 481 g/mol. The summed E-state index contributed by atoms with van der Waals surface area (Å²) < 4.78 is 10.8. The van der Waals surface area contributed by atoms with Crippen LogP contribution >= 0.6 is 11.3 Å². The minimum Gasteiger partial charge on any atom is -0.462 e. The molecule has 2 aliphatic carbocycles. The Morgan fingerprint density at radius 2 is 2.18 bits per heavy atom. The van der Waals surface area contributed by atoms with Crippen LogP contribution in [-0.2, 0) is 14.3 Å². The number of esters is 1. The van der Waals surface area contributed by atoms with Crippen LogP contribution in [-0.4, -0.2) is 40.8 Å². The fourth-order valence-corrected chi connectivity index (χ4v) is 6.92. The second kappa shape index (κ2) is 9.86. The zero-order valence-electron chi connectivity index (χ0n) is 19.6. The molecule has 2 saturated carbocycles. The Balaban J connectivity index is 1.34. The number of pyridine rings is 1. The van der Waals surface area contributed by atoms with Crippen LogP contribution in [0.25, 0.3) is 16.6 Å². The van der Waals surface area contributed by atoms with Crippen LogP contribution in [0.15, 0.2) is 36.0 Å². The summed E-state index contributed by atoms with van der Waals surface area (Å²) in [6.07, 6.45) is 11.2. The first kappa shape index (κ1) is 23.0. The molecule has 3 heterocycles. The first-order valence-corrected chi connectivity index (χ1v) is 13.1. The molecule has 5 rings (SSSR count). The van der Waals surface area contributed by atoms with Gasteiger partial charge in [0.15, 0.2) is 0 Å². The Bertz CT molecular complexity index is 1040. The summed E-state index contributed by atoms with van der Waals surface area (Å²) in [6.45, 7) is 4.20. The van der Waals surface area contributed by atoms with Gasteiger partial charge in [0.05, 0.1) is 18.2 Å². The van der Waals surface area contributed by atoms with Crippen molar-refractivity contribution in [3.63, 3.8) is 0 Å². The van der Waals surface area contributed by atoms with Crippen molar-refractivity contribution in [1.29, 1.82) is 0 Å². The number of carbonyl (C=O) groups excluding carboxylic acids is 2. The summed E-state index contributed by atoms with van der Waals surface area (Å²) in [6, 6.07) is 4.16. The van der Waals surface area contributed by atoms with E-state index < -0.39 is 0 Å². The molecule has 0 spiro atoms. The van der Waals surface area contributed by atoms with Crippen molar-refractivity contribution in [3.05, 3.63) is 41.7 Å². The fourth-order valence-electron chi connectivity index (χ4n) is 6.29. The third-order valence-corrected chi connectivity index (χ3v) is 8.52. The van der Waals surface area contributed by atoms with Crippen molar-refractivity contribution >= 4 is 29.5 Å². The van der Waals surface area contributed by atoms with Gasteiger partial charge in [0.25, 0.3) is 0 Å². The maximum Gasteiger partial charge on any atom is 0.407 e. The van der Waals surface area contributed by atoms with E-state index in [4.69, 9.17) is 9.47 Å². The summed E-state index contributed by atoms with van der Waals surface area (Å²) in [4.78, 5) is 33.6. The highest BCUT2D eigenvalue weighted by Gasteiger charge is 2.54. The van der Waals surface area contributed by atoms with Gasteiger partial charge in [0, 0.05) is 35.3 Å². The molecule has 7 nitrogen and oxygen atoms in total. The molecule has 1 amide bonds. The van der Waals surface area contributed by atoms with Crippen LogP contribution < -0.4 is 5.32 Å². The van der Waals surface area contributed by atoms with Crippen molar-refractivity contribution in [2.75, 3.05) is 6.61 Å². The van der Waals surface area contributed by atoms with Crippen LogP contribution in [0.2, 0.25) is 0 Å². The lowest BCUT2D eigenvalue weighted by Gasteiger charge is -2.47. The molecule has 1 saturated heterocycles. The number of thiazole rings is 1. The average Bonchev–Trinajstić information content (AvgIpc) is 3.46. The Labute approximate surface area is 204 Å². The number of hydrogen-bond donors (Lipinski definition) is 1. The van der Waals surface area contributed by atoms with E-state index in [2.05, 4.69) is 33.5 Å². The second-order valence-corrected chi connectivity index (χ2v) is 10.5. The van der Waals surface area contributed by atoms with E-state index in [1.165, 1.54) is 0 Å². The first-order valence-electron chi connectivity index (χ1n) is 12.2. The maximum atomic E-state index is 12.7. The highest BCUT2D eigenvalue weighted by Crippen LogP contribution is 2.53. The molecule has 1 N–H and O–H groups in total. The highest BCUT2D eigenvalue weighted by atomic mass is 32.1. The standard InChI is InChI=1S/C26H31N3O4S/c1-3-32-26(31)29-19-7-8-20-17(12-19)13-22-23(15(2)33-25(22)30)21(20)9-6-18-5-4-16(14-28-18)24-27-10-11-34-24/h4-6,9-11,14-15,17,19-23H,3,7-8,12-13H2,1-2H3,(H,29,31)/b9-6+/t15-,17+,19-,20-,21+,22-,23+/m1/s1. The van der Waals surface area contributed by atoms with E-state index in [1.807, 2.05) is 31.5 Å². The van der Waals surface area contributed by atoms with Gasteiger partial charge in [0.1, 0.15) is 11.1 Å².